The van der Waals surface area contributed by atoms with Gasteiger partial charge < -0.3 is 10.4 Å². The van der Waals surface area contributed by atoms with Crippen molar-refractivity contribution in [2.24, 2.45) is 13.0 Å². The maximum absolute atomic E-state index is 12.7. The molecule has 1 aliphatic rings. The first kappa shape index (κ1) is 17.9. The average molecular weight is 322 g/mol. The first-order valence-corrected chi connectivity index (χ1v) is 8.54. The predicted octanol–water partition coefficient (Wildman–Crippen LogP) is 1.25. The number of aryl methyl sites for hydroxylation is 1. The van der Waals surface area contributed by atoms with Crippen molar-refractivity contribution in [3.8, 4) is 0 Å². The number of carbonyl (C=O) groups is 1. The topological polar surface area (TPSA) is 70.4 Å². The molecule has 130 valence electrons. The van der Waals surface area contributed by atoms with Crippen molar-refractivity contribution in [2.45, 2.75) is 51.7 Å². The minimum atomic E-state index is -1.12. The molecule has 6 heteroatoms. The molecule has 0 radical (unpaired) electrons. The summed E-state index contributed by atoms with van der Waals surface area (Å²) in [6.07, 6.45) is 6.97. The van der Waals surface area contributed by atoms with E-state index in [0.29, 0.717) is 5.56 Å². The van der Waals surface area contributed by atoms with Crippen LogP contribution >= 0.6 is 0 Å². The molecular weight excluding hydrogens is 292 g/mol. The van der Waals surface area contributed by atoms with Crippen molar-refractivity contribution in [1.29, 1.82) is 0 Å². The summed E-state index contributed by atoms with van der Waals surface area (Å²) in [6, 6.07) is -0.125. The van der Waals surface area contributed by atoms with Gasteiger partial charge in [0, 0.05) is 18.8 Å². The summed E-state index contributed by atoms with van der Waals surface area (Å²) >= 11 is 0. The maximum atomic E-state index is 12.7. The monoisotopic (exact) mass is 322 g/mol. The van der Waals surface area contributed by atoms with Gasteiger partial charge in [0.2, 0.25) is 5.91 Å². The lowest BCUT2D eigenvalue weighted by Crippen LogP contribution is -2.53. The third-order valence-electron chi connectivity index (χ3n) is 4.62. The SMILES string of the molecule is CC(C)[C@@H](C(=O)NC[C@](C)(O)c1cnn(C)c1)N1CCCCC1. The number of aliphatic hydroxyl groups is 1. The van der Waals surface area contributed by atoms with Crippen LogP contribution in [0.5, 0.6) is 0 Å². The number of hydrogen-bond acceptors (Lipinski definition) is 4. The standard InChI is InChI=1S/C17H30N4O2/c1-13(2)15(21-8-6-5-7-9-21)16(22)18-12-17(3,23)14-10-19-20(4)11-14/h10-11,13,15,23H,5-9,12H2,1-4H3,(H,18,22)/t15-,17-/m0/s1. The van der Waals surface area contributed by atoms with E-state index in [1.807, 2.05) is 7.05 Å². The molecule has 2 heterocycles. The number of rotatable bonds is 6. The average Bonchev–Trinajstić information content (AvgIpc) is 2.94. The van der Waals surface area contributed by atoms with Crippen molar-refractivity contribution in [3.63, 3.8) is 0 Å². The van der Waals surface area contributed by atoms with Gasteiger partial charge in [0.25, 0.3) is 0 Å². The number of nitrogens with zero attached hydrogens (tertiary/aromatic N) is 3. The summed E-state index contributed by atoms with van der Waals surface area (Å²) in [5, 5.41) is 17.6. The van der Waals surface area contributed by atoms with Crippen molar-refractivity contribution >= 4 is 5.91 Å². The molecule has 1 aromatic rings. The van der Waals surface area contributed by atoms with Gasteiger partial charge in [-0.3, -0.25) is 14.4 Å². The van der Waals surface area contributed by atoms with E-state index >= 15 is 0 Å². The fourth-order valence-electron chi connectivity index (χ4n) is 3.25. The number of aromatic nitrogens is 2. The van der Waals surface area contributed by atoms with Crippen LogP contribution < -0.4 is 5.32 Å². The highest BCUT2D eigenvalue weighted by Crippen LogP contribution is 2.20. The smallest absolute Gasteiger partial charge is 0.237 e. The Hall–Kier alpha value is -1.40. The van der Waals surface area contributed by atoms with Crippen LogP contribution in [0.1, 0.15) is 45.6 Å². The lowest BCUT2D eigenvalue weighted by atomic mass is 9.96. The van der Waals surface area contributed by atoms with Gasteiger partial charge in [-0.15, -0.1) is 0 Å². The second kappa shape index (κ2) is 7.45. The lowest BCUT2D eigenvalue weighted by Gasteiger charge is -2.36. The molecule has 0 saturated carbocycles. The first-order valence-electron chi connectivity index (χ1n) is 8.54. The third kappa shape index (κ3) is 4.54. The molecule has 1 fully saturated rings. The summed E-state index contributed by atoms with van der Waals surface area (Å²) in [4.78, 5) is 15.0. The first-order chi connectivity index (χ1) is 10.8. The molecule has 6 nitrogen and oxygen atoms in total. The van der Waals surface area contributed by atoms with Crippen molar-refractivity contribution in [1.82, 2.24) is 20.0 Å². The number of amides is 1. The van der Waals surface area contributed by atoms with Crippen LogP contribution in [0.4, 0.5) is 0 Å². The Labute approximate surface area is 138 Å². The molecule has 1 saturated heterocycles. The zero-order valence-corrected chi connectivity index (χ0v) is 14.7. The van der Waals surface area contributed by atoms with Crippen LogP contribution in [0.15, 0.2) is 12.4 Å². The Kier molecular flexibility index (Phi) is 5.81. The Morgan fingerprint density at radius 2 is 2.04 bits per heavy atom. The van der Waals surface area contributed by atoms with E-state index in [1.54, 1.807) is 24.0 Å². The molecule has 0 bridgehead atoms. The van der Waals surface area contributed by atoms with Crippen LogP contribution in [-0.2, 0) is 17.4 Å². The number of nitrogens with one attached hydrogen (secondary N) is 1. The molecule has 2 rings (SSSR count). The minimum absolute atomic E-state index is 0.00562. The summed E-state index contributed by atoms with van der Waals surface area (Å²) in [5.41, 5.74) is -0.410. The highest BCUT2D eigenvalue weighted by Gasteiger charge is 2.32. The third-order valence-corrected chi connectivity index (χ3v) is 4.62. The van der Waals surface area contributed by atoms with Crippen molar-refractivity contribution in [3.05, 3.63) is 18.0 Å². The van der Waals surface area contributed by atoms with E-state index in [9.17, 15) is 9.90 Å². The van der Waals surface area contributed by atoms with Crippen LogP contribution in [0, 0.1) is 5.92 Å². The highest BCUT2D eigenvalue weighted by molar-refractivity contribution is 5.82. The summed E-state index contributed by atoms with van der Waals surface area (Å²) in [5.74, 6) is 0.252. The molecule has 0 spiro atoms. The van der Waals surface area contributed by atoms with Gasteiger partial charge in [0.05, 0.1) is 18.8 Å². The summed E-state index contributed by atoms with van der Waals surface area (Å²) in [6.45, 7) is 8.02. The van der Waals surface area contributed by atoms with Crippen molar-refractivity contribution in [2.75, 3.05) is 19.6 Å². The number of carbonyl (C=O) groups excluding carboxylic acids is 1. The van der Waals surface area contributed by atoms with Crippen LogP contribution in [0.2, 0.25) is 0 Å². The van der Waals surface area contributed by atoms with Gasteiger partial charge in [0.15, 0.2) is 0 Å². The van der Waals surface area contributed by atoms with Crippen LogP contribution in [0.3, 0.4) is 0 Å². The van der Waals surface area contributed by atoms with E-state index in [4.69, 9.17) is 0 Å². The van der Waals surface area contributed by atoms with Gasteiger partial charge in [-0.2, -0.15) is 5.10 Å². The molecular formula is C17H30N4O2. The Morgan fingerprint density at radius 3 is 2.57 bits per heavy atom. The van der Waals surface area contributed by atoms with Gasteiger partial charge in [-0.25, -0.2) is 0 Å². The molecule has 0 aliphatic carbocycles. The van der Waals surface area contributed by atoms with Gasteiger partial charge in [-0.1, -0.05) is 20.3 Å². The van der Waals surface area contributed by atoms with E-state index < -0.39 is 5.60 Å². The van der Waals surface area contributed by atoms with Crippen molar-refractivity contribution < 1.29 is 9.90 Å². The highest BCUT2D eigenvalue weighted by atomic mass is 16.3. The van der Waals surface area contributed by atoms with E-state index in [2.05, 4.69) is 29.2 Å². The van der Waals surface area contributed by atoms with Crippen LogP contribution in [0.25, 0.3) is 0 Å². The normalized spacial score (nSPS) is 20.3. The van der Waals surface area contributed by atoms with Crippen LogP contribution in [-0.4, -0.2) is 51.4 Å². The maximum Gasteiger partial charge on any atom is 0.237 e. The molecule has 2 atom stereocenters. The fraction of sp³-hybridized carbons (Fsp3) is 0.765. The quantitative estimate of drug-likeness (QED) is 0.827. The zero-order valence-electron chi connectivity index (χ0n) is 14.7. The molecule has 0 aromatic carbocycles. The van der Waals surface area contributed by atoms with E-state index in [0.717, 1.165) is 25.9 Å². The minimum Gasteiger partial charge on any atom is -0.383 e. The number of piperidine rings is 1. The molecule has 23 heavy (non-hydrogen) atoms. The largest absolute Gasteiger partial charge is 0.383 e. The van der Waals surface area contributed by atoms with Gasteiger partial charge in [-0.05, 0) is 38.8 Å². The second-order valence-electron chi connectivity index (χ2n) is 7.18. The summed E-state index contributed by atoms with van der Waals surface area (Å²) in [7, 11) is 1.81. The Balaban J connectivity index is 1.98. The van der Waals surface area contributed by atoms with Gasteiger partial charge >= 0.3 is 0 Å². The predicted molar refractivity (Wildman–Crippen MR) is 89.8 cm³/mol. The van der Waals surface area contributed by atoms with E-state index in [1.165, 1.54) is 6.42 Å². The molecule has 1 aromatic heterocycles. The molecule has 1 aliphatic heterocycles. The Bertz CT molecular complexity index is 518. The molecule has 1 amide bonds. The molecule has 2 N–H and O–H groups in total. The molecule has 0 unspecified atom stereocenters. The number of hydrogen-bond donors (Lipinski definition) is 2. The summed E-state index contributed by atoms with van der Waals surface area (Å²) < 4.78 is 1.65. The van der Waals surface area contributed by atoms with Gasteiger partial charge in [0.1, 0.15) is 5.60 Å². The lowest BCUT2D eigenvalue weighted by molar-refractivity contribution is -0.129. The van der Waals surface area contributed by atoms with E-state index in [-0.39, 0.29) is 24.4 Å². The Morgan fingerprint density at radius 1 is 1.39 bits per heavy atom. The zero-order chi connectivity index (χ0) is 17.0. The number of likely N-dealkylation sites (tertiary alicyclic amines) is 1. The second-order valence-corrected chi connectivity index (χ2v) is 7.18. The fourth-order valence-corrected chi connectivity index (χ4v) is 3.25.